The SMILES string of the molecule is O=C(Cc1ccc(F)cc1)NCCCCBr. The number of unbranched alkanes of at least 4 members (excludes halogenated alkanes) is 1. The summed E-state index contributed by atoms with van der Waals surface area (Å²) in [5, 5.41) is 3.79. The molecule has 0 saturated carbocycles. The molecule has 0 atom stereocenters. The molecule has 1 rings (SSSR count). The molecule has 0 aliphatic carbocycles. The third kappa shape index (κ3) is 5.26. The average Bonchev–Trinajstić information content (AvgIpc) is 2.28. The van der Waals surface area contributed by atoms with Gasteiger partial charge < -0.3 is 5.32 Å². The van der Waals surface area contributed by atoms with Gasteiger partial charge in [-0.3, -0.25) is 4.79 Å². The number of hydrogen-bond donors (Lipinski definition) is 1. The van der Waals surface area contributed by atoms with Crippen molar-refractivity contribution in [3.05, 3.63) is 35.6 Å². The maximum Gasteiger partial charge on any atom is 0.224 e. The van der Waals surface area contributed by atoms with Gasteiger partial charge in [-0.25, -0.2) is 4.39 Å². The van der Waals surface area contributed by atoms with E-state index in [1.54, 1.807) is 12.1 Å². The molecule has 0 heterocycles. The van der Waals surface area contributed by atoms with Crippen LogP contribution in [0.3, 0.4) is 0 Å². The molecule has 1 N–H and O–H groups in total. The Labute approximate surface area is 103 Å². The quantitative estimate of drug-likeness (QED) is 0.633. The van der Waals surface area contributed by atoms with Crippen molar-refractivity contribution in [3.8, 4) is 0 Å². The van der Waals surface area contributed by atoms with Gasteiger partial charge in [-0.15, -0.1) is 0 Å². The van der Waals surface area contributed by atoms with Crippen molar-refractivity contribution in [2.45, 2.75) is 19.3 Å². The molecule has 0 unspecified atom stereocenters. The summed E-state index contributed by atoms with van der Waals surface area (Å²) in [7, 11) is 0. The minimum absolute atomic E-state index is 0.0128. The van der Waals surface area contributed by atoms with E-state index in [4.69, 9.17) is 0 Å². The number of nitrogens with one attached hydrogen (secondary N) is 1. The summed E-state index contributed by atoms with van der Waals surface area (Å²) >= 11 is 3.33. The molecular weight excluding hydrogens is 273 g/mol. The van der Waals surface area contributed by atoms with E-state index in [2.05, 4.69) is 21.2 Å². The first kappa shape index (κ1) is 13.2. The predicted molar refractivity (Wildman–Crippen MR) is 66.1 cm³/mol. The molecular formula is C12H15BrFNO. The van der Waals surface area contributed by atoms with Crippen LogP contribution >= 0.6 is 15.9 Å². The van der Waals surface area contributed by atoms with Crippen LogP contribution in [0, 0.1) is 5.82 Å². The number of carbonyl (C=O) groups is 1. The summed E-state index contributed by atoms with van der Waals surface area (Å²) in [5.41, 5.74) is 0.833. The molecule has 0 spiro atoms. The average molecular weight is 288 g/mol. The fourth-order valence-electron chi connectivity index (χ4n) is 1.30. The molecule has 0 radical (unpaired) electrons. The molecule has 0 saturated heterocycles. The number of carbonyl (C=O) groups excluding carboxylic acids is 1. The first-order valence-electron chi connectivity index (χ1n) is 5.29. The van der Waals surface area contributed by atoms with Crippen molar-refractivity contribution >= 4 is 21.8 Å². The van der Waals surface area contributed by atoms with Crippen LogP contribution in [-0.4, -0.2) is 17.8 Å². The van der Waals surface area contributed by atoms with Crippen LogP contribution < -0.4 is 5.32 Å². The molecule has 4 heteroatoms. The summed E-state index contributed by atoms with van der Waals surface area (Å²) in [4.78, 5) is 11.4. The molecule has 88 valence electrons. The van der Waals surface area contributed by atoms with E-state index in [0.29, 0.717) is 13.0 Å². The van der Waals surface area contributed by atoms with E-state index in [9.17, 15) is 9.18 Å². The molecule has 1 amide bonds. The van der Waals surface area contributed by atoms with Crippen molar-refractivity contribution in [1.29, 1.82) is 0 Å². The zero-order valence-electron chi connectivity index (χ0n) is 9.01. The van der Waals surface area contributed by atoms with E-state index >= 15 is 0 Å². The number of benzene rings is 1. The largest absolute Gasteiger partial charge is 0.356 e. The highest BCUT2D eigenvalue weighted by Gasteiger charge is 2.02. The van der Waals surface area contributed by atoms with Gasteiger partial charge in [0.2, 0.25) is 5.91 Å². The van der Waals surface area contributed by atoms with E-state index in [-0.39, 0.29) is 11.7 Å². The van der Waals surface area contributed by atoms with Gasteiger partial charge >= 0.3 is 0 Å². The van der Waals surface area contributed by atoms with Gasteiger partial charge in [-0.1, -0.05) is 28.1 Å². The van der Waals surface area contributed by atoms with Crippen LogP contribution in [0.15, 0.2) is 24.3 Å². The Morgan fingerprint density at radius 2 is 1.94 bits per heavy atom. The minimum Gasteiger partial charge on any atom is -0.356 e. The third-order valence-electron chi connectivity index (χ3n) is 2.16. The topological polar surface area (TPSA) is 29.1 Å². The second kappa shape index (κ2) is 7.39. The predicted octanol–water partition coefficient (Wildman–Crippen LogP) is 2.66. The Kier molecular flexibility index (Phi) is 6.08. The zero-order valence-corrected chi connectivity index (χ0v) is 10.6. The molecule has 1 aromatic carbocycles. The Hall–Kier alpha value is -0.900. The lowest BCUT2D eigenvalue weighted by Crippen LogP contribution is -2.26. The number of hydrogen-bond acceptors (Lipinski definition) is 1. The maximum absolute atomic E-state index is 12.6. The fraction of sp³-hybridized carbons (Fsp3) is 0.417. The normalized spacial score (nSPS) is 10.1. The maximum atomic E-state index is 12.6. The van der Waals surface area contributed by atoms with Gasteiger partial charge in [-0.2, -0.15) is 0 Å². The first-order valence-corrected chi connectivity index (χ1v) is 6.41. The van der Waals surface area contributed by atoms with Crippen molar-refractivity contribution in [3.63, 3.8) is 0 Å². The van der Waals surface area contributed by atoms with Crippen molar-refractivity contribution < 1.29 is 9.18 Å². The van der Waals surface area contributed by atoms with E-state index in [1.807, 2.05) is 0 Å². The number of amides is 1. The lowest BCUT2D eigenvalue weighted by Gasteiger charge is -2.04. The monoisotopic (exact) mass is 287 g/mol. The van der Waals surface area contributed by atoms with E-state index in [1.165, 1.54) is 12.1 Å². The van der Waals surface area contributed by atoms with Crippen LogP contribution in [0.4, 0.5) is 4.39 Å². The molecule has 0 fully saturated rings. The van der Waals surface area contributed by atoms with Crippen LogP contribution in [-0.2, 0) is 11.2 Å². The van der Waals surface area contributed by atoms with Crippen molar-refractivity contribution in [2.24, 2.45) is 0 Å². The Bertz CT molecular complexity index is 326. The lowest BCUT2D eigenvalue weighted by atomic mass is 10.1. The second-order valence-electron chi connectivity index (χ2n) is 3.55. The molecule has 0 bridgehead atoms. The lowest BCUT2D eigenvalue weighted by molar-refractivity contribution is -0.120. The highest BCUT2D eigenvalue weighted by Crippen LogP contribution is 2.03. The Morgan fingerprint density at radius 3 is 2.56 bits per heavy atom. The fourth-order valence-corrected chi connectivity index (χ4v) is 1.69. The highest BCUT2D eigenvalue weighted by molar-refractivity contribution is 9.09. The van der Waals surface area contributed by atoms with Gasteiger partial charge in [0.25, 0.3) is 0 Å². The van der Waals surface area contributed by atoms with Crippen molar-refractivity contribution in [1.82, 2.24) is 5.32 Å². The first-order chi connectivity index (χ1) is 7.72. The van der Waals surface area contributed by atoms with Crippen LogP contribution in [0.5, 0.6) is 0 Å². The second-order valence-corrected chi connectivity index (χ2v) is 4.34. The van der Waals surface area contributed by atoms with E-state index < -0.39 is 0 Å². The van der Waals surface area contributed by atoms with Gasteiger partial charge in [0.1, 0.15) is 5.82 Å². The molecule has 16 heavy (non-hydrogen) atoms. The van der Waals surface area contributed by atoms with Gasteiger partial charge in [-0.05, 0) is 30.5 Å². The summed E-state index contributed by atoms with van der Waals surface area (Å²) in [6.45, 7) is 0.700. The summed E-state index contributed by atoms with van der Waals surface area (Å²) < 4.78 is 12.6. The van der Waals surface area contributed by atoms with Gasteiger partial charge in [0, 0.05) is 11.9 Å². The number of rotatable bonds is 6. The third-order valence-corrected chi connectivity index (χ3v) is 2.72. The number of halogens is 2. The molecule has 1 aromatic rings. The van der Waals surface area contributed by atoms with Crippen LogP contribution in [0.25, 0.3) is 0 Å². The Morgan fingerprint density at radius 1 is 1.25 bits per heavy atom. The smallest absolute Gasteiger partial charge is 0.224 e. The Balaban J connectivity index is 2.26. The molecule has 0 aliphatic rings. The minimum atomic E-state index is -0.276. The summed E-state index contributed by atoms with van der Waals surface area (Å²) in [6.07, 6.45) is 2.34. The summed E-state index contributed by atoms with van der Waals surface area (Å²) in [6, 6.07) is 6.00. The number of alkyl halides is 1. The molecule has 0 aromatic heterocycles. The molecule has 2 nitrogen and oxygen atoms in total. The highest BCUT2D eigenvalue weighted by atomic mass is 79.9. The molecule has 0 aliphatic heterocycles. The van der Waals surface area contributed by atoms with Crippen LogP contribution in [0.2, 0.25) is 0 Å². The van der Waals surface area contributed by atoms with E-state index in [0.717, 1.165) is 23.7 Å². The van der Waals surface area contributed by atoms with Gasteiger partial charge in [0.05, 0.1) is 6.42 Å². The standard InChI is InChI=1S/C12H15BrFNO/c13-7-1-2-8-15-12(16)9-10-3-5-11(14)6-4-10/h3-6H,1-2,7-9H2,(H,15,16). The van der Waals surface area contributed by atoms with Gasteiger partial charge in [0.15, 0.2) is 0 Å². The summed E-state index contributed by atoms with van der Waals surface area (Å²) in [5.74, 6) is -0.289. The van der Waals surface area contributed by atoms with Crippen LogP contribution in [0.1, 0.15) is 18.4 Å². The zero-order chi connectivity index (χ0) is 11.8. The van der Waals surface area contributed by atoms with Crippen molar-refractivity contribution in [2.75, 3.05) is 11.9 Å².